The van der Waals surface area contributed by atoms with E-state index in [0.29, 0.717) is 12.8 Å². The Morgan fingerprint density at radius 2 is 0.876 bits per heavy atom. The number of carbonyl (C=O) groups excluding carboxylic acids is 3. The van der Waals surface area contributed by atoms with Crippen molar-refractivity contribution in [2.75, 3.05) is 39.6 Å². The first kappa shape index (κ1) is 100. The highest BCUT2D eigenvalue weighted by molar-refractivity contribution is 5.77. The molecule has 660 valence electrons. The number of aliphatic carboxylic acids is 1. The molecule has 0 radical (unpaired) electrons. The predicted octanol–water partition coefficient (Wildman–Crippen LogP) is 1.30. The molecule has 34 heteroatoms. The van der Waals surface area contributed by atoms with Crippen LogP contribution in [0.2, 0.25) is 0 Å². The molecule has 0 aliphatic carbocycles. The minimum Gasteiger partial charge on any atom is -0.477 e. The standard InChI is InChI=1S/C79H143N3O31/c1-5-7-9-11-13-15-17-19-20-21-22-23-24-25-26-28-30-32-34-36-38-40-58(93)82-50(51(90)39-37-35-33-31-29-27-18-16-14-12-10-8-6-2)47-104-75-67(100)65(98)69(56(45-86)107-75)109-77-68(101)73(113-79(78(102)103)41-52(91)59(80-48(3)88)72(112-79)61(94)53(92)42-83)70(57(46-87)108-77)110-74-60(81-49(4)89)71(63(96)55(44-85)105-74)111-76-66(99)64(97)62(95)54(43-84)106-76/h37,39,50-57,59-77,83-87,90-92,94-101H,5-36,38,40-47H2,1-4H3,(H,80,88)(H,81,89)(H,82,93)(H,102,103). The van der Waals surface area contributed by atoms with Crippen molar-refractivity contribution in [2.24, 2.45) is 0 Å². The summed E-state index contributed by atoms with van der Waals surface area (Å²) in [5.74, 6) is -7.70. The van der Waals surface area contributed by atoms with Crippen LogP contribution in [-0.4, -0.2) is 321 Å². The van der Waals surface area contributed by atoms with E-state index in [9.17, 15) is 106 Å². The van der Waals surface area contributed by atoms with E-state index in [4.69, 9.17) is 47.4 Å². The first-order valence-corrected chi connectivity index (χ1v) is 42.1. The number of carboxylic acids is 1. The summed E-state index contributed by atoms with van der Waals surface area (Å²) >= 11 is 0. The third kappa shape index (κ3) is 32.6. The number of nitrogens with one attached hydrogen (secondary N) is 3. The zero-order valence-electron chi connectivity index (χ0n) is 67.1. The lowest BCUT2D eigenvalue weighted by atomic mass is 9.88. The van der Waals surface area contributed by atoms with E-state index in [2.05, 4.69) is 29.8 Å². The molecule has 0 saturated carbocycles. The molecule has 20 N–H and O–H groups in total. The second-order valence-electron chi connectivity index (χ2n) is 31.4. The zero-order chi connectivity index (χ0) is 83.0. The van der Waals surface area contributed by atoms with E-state index < -0.39 is 235 Å². The molecular weight excluding hydrogens is 1490 g/mol. The van der Waals surface area contributed by atoms with Gasteiger partial charge in [-0.25, -0.2) is 4.79 Å². The Bertz CT molecular complexity index is 2610. The number of aliphatic hydroxyl groups excluding tert-OH is 16. The number of aliphatic hydroxyl groups is 16. The molecular formula is C79H143N3O31. The molecule has 113 heavy (non-hydrogen) atoms. The first-order valence-electron chi connectivity index (χ1n) is 42.1. The van der Waals surface area contributed by atoms with Crippen LogP contribution in [0.1, 0.15) is 252 Å². The highest BCUT2D eigenvalue weighted by atomic mass is 16.8. The Labute approximate surface area is 665 Å². The van der Waals surface area contributed by atoms with Gasteiger partial charge < -0.3 is 150 Å². The predicted molar refractivity (Wildman–Crippen MR) is 406 cm³/mol. The number of amides is 3. The Hall–Kier alpha value is -3.42. The lowest BCUT2D eigenvalue weighted by Gasteiger charge is -2.52. The minimum absolute atomic E-state index is 0.135. The summed E-state index contributed by atoms with van der Waals surface area (Å²) in [6.07, 6.45) is -8.42. The molecule has 0 bridgehead atoms. The highest BCUT2D eigenvalue weighted by Crippen LogP contribution is 2.41. The molecule has 0 spiro atoms. The summed E-state index contributed by atoms with van der Waals surface area (Å²) in [4.78, 5) is 53.1. The van der Waals surface area contributed by atoms with Crippen molar-refractivity contribution < 1.29 is 153 Å². The van der Waals surface area contributed by atoms with Crippen molar-refractivity contribution in [2.45, 2.75) is 424 Å². The number of unbranched alkanes of at least 4 members (excludes halogenated alkanes) is 31. The maximum atomic E-state index is 13.8. The van der Waals surface area contributed by atoms with Crippen molar-refractivity contribution in [1.29, 1.82) is 0 Å². The van der Waals surface area contributed by atoms with Crippen LogP contribution >= 0.6 is 0 Å². The molecule has 28 atom stereocenters. The van der Waals surface area contributed by atoms with Crippen molar-refractivity contribution >= 4 is 23.7 Å². The normalized spacial score (nSPS) is 33.4. The van der Waals surface area contributed by atoms with Crippen molar-refractivity contribution in [3.63, 3.8) is 0 Å². The molecule has 0 aromatic heterocycles. The Morgan fingerprint density at radius 3 is 1.36 bits per heavy atom. The Kier molecular flexibility index (Phi) is 48.5. The number of carboxylic acid groups (broad SMARTS) is 1. The van der Waals surface area contributed by atoms with Gasteiger partial charge in [0.2, 0.25) is 17.7 Å². The molecule has 5 heterocycles. The summed E-state index contributed by atoms with van der Waals surface area (Å²) < 4.78 is 60.2. The van der Waals surface area contributed by atoms with Gasteiger partial charge in [-0.15, -0.1) is 0 Å². The molecule has 5 aliphatic heterocycles. The summed E-state index contributed by atoms with van der Waals surface area (Å²) in [5.41, 5.74) is 0. The van der Waals surface area contributed by atoms with Gasteiger partial charge >= 0.3 is 5.97 Å². The van der Waals surface area contributed by atoms with Crippen LogP contribution in [0.4, 0.5) is 0 Å². The molecule has 28 unspecified atom stereocenters. The second kappa shape index (κ2) is 54.7. The summed E-state index contributed by atoms with van der Waals surface area (Å²) in [6.45, 7) is 0.356. The molecule has 5 aliphatic rings. The number of rotatable bonds is 58. The average Bonchev–Trinajstić information content (AvgIpc) is 0.748. The van der Waals surface area contributed by atoms with E-state index in [-0.39, 0.29) is 12.3 Å². The number of ether oxygens (including phenoxy) is 10. The van der Waals surface area contributed by atoms with Gasteiger partial charge in [-0.1, -0.05) is 219 Å². The minimum atomic E-state index is -3.38. The Balaban J connectivity index is 1.34. The van der Waals surface area contributed by atoms with Crippen molar-refractivity contribution in [3.05, 3.63) is 12.2 Å². The molecule has 34 nitrogen and oxygen atoms in total. The van der Waals surface area contributed by atoms with E-state index >= 15 is 0 Å². The van der Waals surface area contributed by atoms with Crippen LogP contribution in [0.3, 0.4) is 0 Å². The maximum Gasteiger partial charge on any atom is 0.364 e. The third-order valence-corrected chi connectivity index (χ3v) is 22.1. The van der Waals surface area contributed by atoms with Gasteiger partial charge in [0.1, 0.15) is 116 Å². The quantitative estimate of drug-likeness (QED) is 0.0301. The van der Waals surface area contributed by atoms with Crippen molar-refractivity contribution in [3.8, 4) is 0 Å². The monoisotopic (exact) mass is 1630 g/mol. The van der Waals surface area contributed by atoms with Gasteiger partial charge in [0, 0.05) is 26.7 Å². The SMILES string of the molecule is CCCCCCCCCCCCCC=CC(O)C(COC1OC(CO)C(OC2OC(CO)C(OC3OC(CO)C(O)C(OC4OC(CO)C(O)C(O)C4O)C3NC(C)=O)C(OC3(C(=O)O)CC(O)C(NC(C)=O)C(C(O)C(O)CO)O3)C2O)C(O)C1O)NC(=O)CCCCCCCCCCCCCCCCCCCCCCC. The van der Waals surface area contributed by atoms with Crippen LogP contribution < -0.4 is 16.0 Å². The van der Waals surface area contributed by atoms with Crippen LogP contribution in [0.5, 0.6) is 0 Å². The molecule has 0 aromatic rings. The van der Waals surface area contributed by atoms with Crippen LogP contribution in [-0.2, 0) is 66.5 Å². The van der Waals surface area contributed by atoms with Crippen LogP contribution in [0.15, 0.2) is 12.2 Å². The Morgan fingerprint density at radius 1 is 0.460 bits per heavy atom. The second-order valence-corrected chi connectivity index (χ2v) is 31.4. The number of hydrogen-bond donors (Lipinski definition) is 20. The van der Waals surface area contributed by atoms with Gasteiger partial charge in [-0.05, 0) is 19.3 Å². The summed E-state index contributed by atoms with van der Waals surface area (Å²) in [7, 11) is 0. The lowest BCUT2D eigenvalue weighted by Crippen LogP contribution is -2.72. The molecule has 0 aromatic carbocycles. The fourth-order valence-corrected chi connectivity index (χ4v) is 15.4. The number of hydrogen-bond acceptors (Lipinski definition) is 30. The lowest BCUT2D eigenvalue weighted by molar-refractivity contribution is -0.403. The smallest absolute Gasteiger partial charge is 0.364 e. The van der Waals surface area contributed by atoms with E-state index in [1.54, 1.807) is 6.08 Å². The summed E-state index contributed by atoms with van der Waals surface area (Å²) in [6, 6.07) is -4.81. The van der Waals surface area contributed by atoms with E-state index in [1.807, 2.05) is 6.08 Å². The maximum absolute atomic E-state index is 13.8. The molecule has 5 fully saturated rings. The summed E-state index contributed by atoms with van der Waals surface area (Å²) in [5, 5.41) is 197. The average molecular weight is 1630 g/mol. The molecule has 5 rings (SSSR count). The molecule has 3 amide bonds. The zero-order valence-corrected chi connectivity index (χ0v) is 67.1. The largest absolute Gasteiger partial charge is 0.477 e. The van der Waals surface area contributed by atoms with Gasteiger partial charge in [0.25, 0.3) is 5.79 Å². The third-order valence-electron chi connectivity index (χ3n) is 22.1. The fraction of sp³-hybridized carbons (Fsp3) is 0.924. The highest BCUT2D eigenvalue weighted by Gasteiger charge is 2.62. The number of carbonyl (C=O) groups is 4. The van der Waals surface area contributed by atoms with Crippen LogP contribution in [0.25, 0.3) is 0 Å². The van der Waals surface area contributed by atoms with E-state index in [1.165, 1.54) is 141 Å². The van der Waals surface area contributed by atoms with Gasteiger partial charge in [0.15, 0.2) is 25.2 Å². The topological polar surface area (TPSA) is 541 Å². The van der Waals surface area contributed by atoms with E-state index in [0.717, 1.165) is 71.6 Å². The van der Waals surface area contributed by atoms with Crippen LogP contribution in [0, 0.1) is 0 Å². The van der Waals surface area contributed by atoms with Crippen molar-refractivity contribution in [1.82, 2.24) is 16.0 Å². The molecule has 5 saturated heterocycles. The fourth-order valence-electron chi connectivity index (χ4n) is 15.4. The first-order chi connectivity index (χ1) is 54.3. The van der Waals surface area contributed by atoms with Gasteiger partial charge in [-0.3, -0.25) is 14.4 Å². The number of allylic oxidation sites excluding steroid dienone is 1. The van der Waals surface area contributed by atoms with Gasteiger partial charge in [-0.2, -0.15) is 0 Å². The van der Waals surface area contributed by atoms with Gasteiger partial charge in [0.05, 0.1) is 63.9 Å².